The van der Waals surface area contributed by atoms with E-state index in [-0.39, 0.29) is 25.7 Å². The third kappa shape index (κ3) is 6.41. The van der Waals surface area contributed by atoms with Crippen LogP contribution >= 0.6 is 11.3 Å². The average molecular weight is 844 g/mol. The Hall–Kier alpha value is -4.33. The molecule has 0 spiro atoms. The first-order chi connectivity index (χ1) is 25.1. The molecular weight excluding hydrogens is 803 g/mol. The molecule has 5 heterocycles. The molecule has 0 saturated heterocycles. The van der Waals surface area contributed by atoms with Gasteiger partial charge < -0.3 is 9.55 Å². The van der Waals surface area contributed by atoms with E-state index in [1.165, 1.54) is 22.6 Å². The number of nitrogens with zero attached hydrogens (tertiary/aromatic N) is 5. The molecular formula is C40H35IrN5SSi-2. The van der Waals surface area contributed by atoms with Crippen molar-refractivity contribution in [3.05, 3.63) is 132 Å². The van der Waals surface area contributed by atoms with Gasteiger partial charge in [0, 0.05) is 58.0 Å². The molecule has 0 aliphatic rings. The number of fused-ring (bicyclic) bond motifs is 4. The maximum Gasteiger partial charge on any atom is 0.113 e. The molecule has 0 unspecified atom stereocenters. The molecule has 0 bridgehead atoms. The summed E-state index contributed by atoms with van der Waals surface area (Å²) in [6, 6.07) is 32.5. The first-order valence-corrected chi connectivity index (χ1v) is 19.5. The van der Waals surface area contributed by atoms with Crippen molar-refractivity contribution in [3.8, 4) is 28.3 Å². The van der Waals surface area contributed by atoms with E-state index in [0.29, 0.717) is 16.8 Å². The minimum absolute atomic E-state index is 0. The van der Waals surface area contributed by atoms with Gasteiger partial charge in [-0.25, -0.2) is 4.98 Å². The predicted molar refractivity (Wildman–Crippen MR) is 200 cm³/mol. The second kappa shape index (κ2) is 13.6. The molecule has 8 rings (SSSR count). The van der Waals surface area contributed by atoms with Crippen molar-refractivity contribution >= 4 is 55.9 Å². The molecule has 1 radical (unpaired) electrons. The van der Waals surface area contributed by atoms with Crippen LogP contribution in [0.2, 0.25) is 19.6 Å². The minimum atomic E-state index is -2.27. The Morgan fingerprint density at radius 1 is 0.833 bits per heavy atom. The summed E-state index contributed by atoms with van der Waals surface area (Å²) in [7, 11) is -1.34. The van der Waals surface area contributed by atoms with Crippen LogP contribution in [0.1, 0.15) is 25.0 Å². The van der Waals surface area contributed by atoms with Crippen LogP contribution in [0.3, 0.4) is 0 Å². The maximum absolute atomic E-state index is 8.11. The molecule has 0 amide bonds. The molecule has 0 atom stereocenters. The number of hydrogen-bond donors (Lipinski definition) is 0. The number of benzene rings is 3. The topological polar surface area (TPSA) is 56.5 Å². The van der Waals surface area contributed by atoms with E-state index in [4.69, 9.17) is 13.2 Å². The molecule has 5 aromatic heterocycles. The van der Waals surface area contributed by atoms with Crippen molar-refractivity contribution in [3.63, 3.8) is 0 Å². The van der Waals surface area contributed by atoms with E-state index in [0.717, 1.165) is 54.2 Å². The fraction of sp³-hybridized carbons (Fsp3) is 0.150. The van der Waals surface area contributed by atoms with Crippen molar-refractivity contribution < 1.29 is 28.3 Å². The van der Waals surface area contributed by atoms with Crippen LogP contribution in [0.25, 0.3) is 59.7 Å². The van der Waals surface area contributed by atoms with Gasteiger partial charge in [-0.1, -0.05) is 80.7 Å². The third-order valence-corrected chi connectivity index (χ3v) is 11.2. The van der Waals surface area contributed by atoms with Crippen LogP contribution in [0, 0.1) is 32.8 Å². The normalized spacial score (nSPS) is 13.8. The number of thiophene rings is 1. The number of rotatable bonds is 4. The third-order valence-electron chi connectivity index (χ3n) is 8.03. The number of pyridine rings is 3. The van der Waals surface area contributed by atoms with Gasteiger partial charge in [-0.15, -0.1) is 53.1 Å². The molecule has 0 aliphatic carbocycles. The van der Waals surface area contributed by atoms with Gasteiger partial charge in [-0.05, 0) is 46.8 Å². The first-order valence-electron chi connectivity index (χ1n) is 18.2. The monoisotopic (exact) mass is 844 g/mol. The van der Waals surface area contributed by atoms with E-state index >= 15 is 0 Å². The molecule has 8 heteroatoms. The Bertz CT molecular complexity index is 2520. The largest absolute Gasteiger partial charge is 0.332 e. The summed E-state index contributed by atoms with van der Waals surface area (Å²) >= 11 is 1.47. The zero-order valence-corrected chi connectivity index (χ0v) is 31.0. The van der Waals surface area contributed by atoms with Gasteiger partial charge in [-0.3, -0.25) is 9.97 Å². The Morgan fingerprint density at radius 3 is 2.40 bits per heavy atom. The van der Waals surface area contributed by atoms with Gasteiger partial charge in [0.25, 0.3) is 0 Å². The van der Waals surface area contributed by atoms with Crippen molar-refractivity contribution in [1.29, 1.82) is 0 Å². The van der Waals surface area contributed by atoms with E-state index < -0.39 is 21.8 Å². The molecule has 0 fully saturated rings. The van der Waals surface area contributed by atoms with Gasteiger partial charge in [0.1, 0.15) is 4.83 Å². The molecule has 8 aromatic rings. The molecule has 0 N–H and O–H groups in total. The van der Waals surface area contributed by atoms with E-state index in [1.54, 1.807) is 30.6 Å². The summed E-state index contributed by atoms with van der Waals surface area (Å²) in [5, 5.41) is 2.83. The zero-order valence-electron chi connectivity index (χ0n) is 32.8. The Morgan fingerprint density at radius 2 is 1.69 bits per heavy atom. The Kier molecular flexibility index (Phi) is 7.56. The standard InChI is InChI=1S/C25H17N4S.C15H18NSi.Ir/c1-15-10-11-19(23-21(15)18-9-6-13-27-25(18)30-23)24-28-20-12-14-26-16(2)22(20)29(24)17-7-4-3-5-8-17;1-12-5-7-13(8-6-12)15-10-9-14(11-16-15)17(2,3)4;/h3-10,12-14H,1-2H3;5-7,9-11H,1-4H3;/q2*-1;/i2*1D3;. The minimum Gasteiger partial charge on any atom is -0.332 e. The fourth-order valence-electron chi connectivity index (χ4n) is 5.58. The molecule has 5 nitrogen and oxygen atoms in total. The van der Waals surface area contributed by atoms with Crippen molar-refractivity contribution in [1.82, 2.24) is 24.5 Å². The van der Waals surface area contributed by atoms with Crippen LogP contribution in [-0.2, 0) is 20.1 Å². The zero-order chi connectivity index (χ0) is 37.7. The number of hydrogen-bond acceptors (Lipinski definition) is 5. The van der Waals surface area contributed by atoms with Gasteiger partial charge in [0.05, 0.1) is 30.6 Å². The summed E-state index contributed by atoms with van der Waals surface area (Å²) in [4.78, 5) is 19.2. The second-order valence-electron chi connectivity index (χ2n) is 12.3. The van der Waals surface area contributed by atoms with Crippen LogP contribution in [0.4, 0.5) is 0 Å². The van der Waals surface area contributed by atoms with Crippen LogP contribution in [0.5, 0.6) is 0 Å². The fourth-order valence-corrected chi connectivity index (χ4v) is 7.78. The van der Waals surface area contributed by atoms with Crippen LogP contribution < -0.4 is 5.19 Å². The number of aromatic nitrogens is 5. The number of aryl methyl sites for hydroxylation is 3. The average Bonchev–Trinajstić information content (AvgIpc) is 3.71. The van der Waals surface area contributed by atoms with Gasteiger partial charge >= 0.3 is 0 Å². The molecule has 48 heavy (non-hydrogen) atoms. The van der Waals surface area contributed by atoms with E-state index in [1.807, 2.05) is 67.7 Å². The summed E-state index contributed by atoms with van der Waals surface area (Å²) in [6.45, 7) is 4.46. The Labute approximate surface area is 308 Å². The van der Waals surface area contributed by atoms with Crippen LogP contribution in [0.15, 0.2) is 104 Å². The molecule has 3 aromatic carbocycles. The summed E-state index contributed by atoms with van der Waals surface area (Å²) < 4.78 is 49.3. The number of para-hydroxylation sites is 1. The molecule has 0 saturated carbocycles. The van der Waals surface area contributed by atoms with Crippen LogP contribution in [-0.4, -0.2) is 32.6 Å². The first kappa shape index (κ1) is 26.6. The molecule has 0 aliphatic heterocycles. The summed E-state index contributed by atoms with van der Waals surface area (Å²) in [5.41, 5.74) is 6.53. The van der Waals surface area contributed by atoms with Crippen molar-refractivity contribution in [2.45, 2.75) is 40.3 Å². The quantitative estimate of drug-likeness (QED) is 0.131. The molecule has 241 valence electrons. The van der Waals surface area contributed by atoms with Crippen molar-refractivity contribution in [2.24, 2.45) is 0 Å². The summed E-state index contributed by atoms with van der Waals surface area (Å²) in [6.07, 6.45) is 5.40. The van der Waals surface area contributed by atoms with E-state index in [2.05, 4.69) is 57.4 Å². The predicted octanol–water partition coefficient (Wildman–Crippen LogP) is 9.67. The van der Waals surface area contributed by atoms with E-state index in [9.17, 15) is 0 Å². The number of imidazole rings is 1. The second-order valence-corrected chi connectivity index (χ2v) is 18.4. The Balaban J connectivity index is 0.000000205. The summed E-state index contributed by atoms with van der Waals surface area (Å²) in [5.74, 6) is 0.695. The smallest absolute Gasteiger partial charge is 0.113 e. The SMILES string of the molecule is [2H]C([2H])([2H])c1c[c-]c(-c2ccc([Si](C)(C)C)cn2)cc1.[2H]C([2H])([2H])c1c[c-]c(-c2nc3ccnc(C)c3n2-c2ccccc2)c2sc3ncccc3c12.[Ir]. The van der Waals surface area contributed by atoms with Gasteiger partial charge in [0.15, 0.2) is 0 Å². The maximum atomic E-state index is 8.11. The van der Waals surface area contributed by atoms with Gasteiger partial charge in [0.2, 0.25) is 0 Å². The van der Waals surface area contributed by atoms with Crippen molar-refractivity contribution in [2.75, 3.05) is 0 Å². The van der Waals surface area contributed by atoms with Gasteiger partial charge in [-0.2, -0.15) is 11.3 Å².